The lowest BCUT2D eigenvalue weighted by molar-refractivity contribution is -0.117. The van der Waals surface area contributed by atoms with Crippen molar-refractivity contribution in [3.8, 4) is 0 Å². The van der Waals surface area contributed by atoms with Gasteiger partial charge < -0.3 is 10.4 Å². The van der Waals surface area contributed by atoms with Gasteiger partial charge in [-0.15, -0.1) is 0 Å². The van der Waals surface area contributed by atoms with Crippen molar-refractivity contribution in [2.45, 2.75) is 44.6 Å². The highest BCUT2D eigenvalue weighted by Crippen LogP contribution is 2.23. The van der Waals surface area contributed by atoms with Gasteiger partial charge >= 0.3 is 0 Å². The lowest BCUT2D eigenvalue weighted by Gasteiger charge is -2.22. The van der Waals surface area contributed by atoms with Crippen molar-refractivity contribution in [3.05, 3.63) is 34.0 Å². The number of hydrogen-bond acceptors (Lipinski definition) is 3. The zero-order chi connectivity index (χ0) is 13.7. The molecule has 1 unspecified atom stereocenters. The minimum absolute atomic E-state index is 0.0904. The number of allylic oxidation sites excluding steroid dienone is 1. The first-order valence-electron chi connectivity index (χ1n) is 6.80. The first kappa shape index (κ1) is 14.3. The number of carbonyl (C=O) groups is 1. The molecule has 3 nitrogen and oxygen atoms in total. The third-order valence-electron chi connectivity index (χ3n) is 3.58. The van der Waals surface area contributed by atoms with Crippen LogP contribution in [0.1, 0.15) is 44.6 Å². The first-order valence-corrected chi connectivity index (χ1v) is 7.74. The second kappa shape index (κ2) is 6.35. The molecule has 1 amide bonds. The molecule has 1 aliphatic carbocycles. The van der Waals surface area contributed by atoms with E-state index in [1.165, 1.54) is 24.8 Å². The topological polar surface area (TPSA) is 49.3 Å². The standard InChI is InChI=1S/C15H21NO2S/c1-15(18,13-7-8-19-10-13)11-16-14(17)9-12-5-3-2-4-6-12/h7-10,18H,2-6,11H2,1H3,(H,16,17). The largest absolute Gasteiger partial charge is 0.384 e. The summed E-state index contributed by atoms with van der Waals surface area (Å²) in [7, 11) is 0. The Bertz CT molecular complexity index is 441. The van der Waals surface area contributed by atoms with Crippen LogP contribution in [0.5, 0.6) is 0 Å². The third-order valence-corrected chi connectivity index (χ3v) is 4.26. The number of amides is 1. The number of thiophene rings is 1. The molecule has 1 atom stereocenters. The van der Waals surface area contributed by atoms with Crippen LogP contribution in [0, 0.1) is 0 Å². The minimum atomic E-state index is -0.999. The predicted octanol–water partition coefficient (Wildman–Crippen LogP) is 2.96. The van der Waals surface area contributed by atoms with Gasteiger partial charge in [0, 0.05) is 6.08 Å². The molecular formula is C15H21NO2S. The van der Waals surface area contributed by atoms with Crippen LogP contribution < -0.4 is 5.32 Å². The van der Waals surface area contributed by atoms with E-state index in [9.17, 15) is 9.90 Å². The first-order chi connectivity index (χ1) is 9.08. The summed E-state index contributed by atoms with van der Waals surface area (Å²) in [6, 6.07) is 1.89. The molecule has 1 aliphatic rings. The Morgan fingerprint density at radius 3 is 2.84 bits per heavy atom. The highest BCUT2D eigenvalue weighted by atomic mass is 32.1. The maximum absolute atomic E-state index is 11.8. The fourth-order valence-electron chi connectivity index (χ4n) is 2.32. The lowest BCUT2D eigenvalue weighted by atomic mass is 9.94. The molecule has 0 bridgehead atoms. The Balaban J connectivity index is 1.86. The second-order valence-corrected chi connectivity index (χ2v) is 6.15. The third kappa shape index (κ3) is 4.18. The van der Waals surface area contributed by atoms with E-state index in [0.29, 0.717) is 0 Å². The van der Waals surface area contributed by atoms with Crippen LogP contribution in [0.15, 0.2) is 28.5 Å². The van der Waals surface area contributed by atoms with Crippen LogP contribution in [0.3, 0.4) is 0 Å². The van der Waals surface area contributed by atoms with E-state index in [4.69, 9.17) is 0 Å². The van der Waals surface area contributed by atoms with Crippen LogP contribution >= 0.6 is 11.3 Å². The van der Waals surface area contributed by atoms with Crippen molar-refractivity contribution < 1.29 is 9.90 Å². The molecule has 4 heteroatoms. The quantitative estimate of drug-likeness (QED) is 0.833. The second-order valence-electron chi connectivity index (χ2n) is 5.37. The van der Waals surface area contributed by atoms with Gasteiger partial charge in [-0.2, -0.15) is 11.3 Å². The Labute approximate surface area is 118 Å². The highest BCUT2D eigenvalue weighted by Gasteiger charge is 2.23. The smallest absolute Gasteiger partial charge is 0.244 e. The molecular weight excluding hydrogens is 258 g/mol. The zero-order valence-electron chi connectivity index (χ0n) is 11.3. The summed E-state index contributed by atoms with van der Waals surface area (Å²) in [5, 5.41) is 16.9. The fourth-order valence-corrected chi connectivity index (χ4v) is 3.10. The normalized spacial score (nSPS) is 18.7. The summed E-state index contributed by atoms with van der Waals surface area (Å²) in [5.41, 5.74) is 1.09. The average Bonchev–Trinajstić information content (AvgIpc) is 2.92. The Morgan fingerprint density at radius 2 is 2.21 bits per heavy atom. The maximum Gasteiger partial charge on any atom is 0.244 e. The van der Waals surface area contributed by atoms with Gasteiger partial charge in [-0.25, -0.2) is 0 Å². The molecule has 0 aliphatic heterocycles. The minimum Gasteiger partial charge on any atom is -0.384 e. The number of rotatable bonds is 4. The van der Waals surface area contributed by atoms with E-state index in [0.717, 1.165) is 18.4 Å². The maximum atomic E-state index is 11.8. The van der Waals surface area contributed by atoms with Crippen molar-refractivity contribution in [2.24, 2.45) is 0 Å². The van der Waals surface area contributed by atoms with Gasteiger partial charge in [-0.1, -0.05) is 12.0 Å². The van der Waals surface area contributed by atoms with Crippen molar-refractivity contribution in [1.29, 1.82) is 0 Å². The highest BCUT2D eigenvalue weighted by molar-refractivity contribution is 7.08. The molecule has 104 valence electrons. The van der Waals surface area contributed by atoms with Gasteiger partial charge in [0.05, 0.1) is 6.54 Å². The molecule has 0 saturated heterocycles. The Hall–Kier alpha value is -1.13. The van der Waals surface area contributed by atoms with Crippen molar-refractivity contribution in [2.75, 3.05) is 6.54 Å². The lowest BCUT2D eigenvalue weighted by Crippen LogP contribution is -2.37. The van der Waals surface area contributed by atoms with Crippen LogP contribution in [0.4, 0.5) is 0 Å². The molecule has 2 N–H and O–H groups in total. The van der Waals surface area contributed by atoms with E-state index >= 15 is 0 Å². The van der Waals surface area contributed by atoms with Crippen molar-refractivity contribution in [1.82, 2.24) is 5.32 Å². The van der Waals surface area contributed by atoms with Gasteiger partial charge in [0.15, 0.2) is 0 Å². The summed E-state index contributed by atoms with van der Waals surface area (Å²) in [5.74, 6) is -0.0904. The molecule has 1 saturated carbocycles. The van der Waals surface area contributed by atoms with E-state index in [2.05, 4.69) is 5.32 Å². The fraction of sp³-hybridized carbons (Fsp3) is 0.533. The molecule has 2 rings (SSSR count). The predicted molar refractivity (Wildman–Crippen MR) is 78.1 cm³/mol. The molecule has 1 fully saturated rings. The van der Waals surface area contributed by atoms with Gasteiger partial charge in [-0.05, 0) is 55.0 Å². The Kier molecular flexibility index (Phi) is 4.77. The SMILES string of the molecule is CC(O)(CNC(=O)C=C1CCCCC1)c1ccsc1. The molecule has 1 aromatic heterocycles. The number of carbonyl (C=O) groups excluding carboxylic acids is 1. The monoisotopic (exact) mass is 279 g/mol. The van der Waals surface area contributed by atoms with E-state index in [-0.39, 0.29) is 12.5 Å². The van der Waals surface area contributed by atoms with E-state index in [1.807, 2.05) is 16.8 Å². The van der Waals surface area contributed by atoms with Gasteiger partial charge in [0.25, 0.3) is 0 Å². The summed E-state index contributed by atoms with van der Waals surface area (Å²) in [6.45, 7) is 1.97. The average molecular weight is 279 g/mol. The summed E-state index contributed by atoms with van der Waals surface area (Å²) in [4.78, 5) is 11.8. The Morgan fingerprint density at radius 1 is 1.47 bits per heavy atom. The molecule has 19 heavy (non-hydrogen) atoms. The van der Waals surface area contributed by atoms with E-state index in [1.54, 1.807) is 24.3 Å². The number of nitrogens with one attached hydrogen (secondary N) is 1. The van der Waals surface area contributed by atoms with E-state index < -0.39 is 5.60 Å². The summed E-state index contributed by atoms with van der Waals surface area (Å²) < 4.78 is 0. The molecule has 1 aromatic rings. The molecule has 0 aromatic carbocycles. The van der Waals surface area contributed by atoms with Gasteiger partial charge in [-0.3, -0.25) is 4.79 Å². The van der Waals surface area contributed by atoms with Gasteiger partial charge in [0.1, 0.15) is 5.60 Å². The van der Waals surface area contributed by atoms with Gasteiger partial charge in [0.2, 0.25) is 5.91 Å². The van der Waals surface area contributed by atoms with Crippen LogP contribution in [-0.2, 0) is 10.4 Å². The van der Waals surface area contributed by atoms with Crippen LogP contribution in [0.25, 0.3) is 0 Å². The number of hydrogen-bond donors (Lipinski definition) is 2. The number of aliphatic hydroxyl groups is 1. The van der Waals surface area contributed by atoms with Crippen LogP contribution in [0.2, 0.25) is 0 Å². The summed E-state index contributed by atoms with van der Waals surface area (Å²) in [6.07, 6.45) is 7.43. The molecule has 0 spiro atoms. The summed E-state index contributed by atoms with van der Waals surface area (Å²) >= 11 is 1.54. The van der Waals surface area contributed by atoms with Crippen molar-refractivity contribution >= 4 is 17.2 Å². The molecule has 0 radical (unpaired) electrons. The van der Waals surface area contributed by atoms with Crippen LogP contribution in [-0.4, -0.2) is 17.6 Å². The molecule has 1 heterocycles. The zero-order valence-corrected chi connectivity index (χ0v) is 12.1. The van der Waals surface area contributed by atoms with Crippen molar-refractivity contribution in [3.63, 3.8) is 0 Å².